The molecule has 2 atom stereocenters. The number of benzene rings is 1. The molecule has 18 heavy (non-hydrogen) atoms. The molecule has 0 aliphatic carbocycles. The number of aromatic amines is 1. The van der Waals surface area contributed by atoms with E-state index >= 15 is 0 Å². The van der Waals surface area contributed by atoms with Gasteiger partial charge in [0.05, 0.1) is 12.8 Å². The Labute approximate surface area is 107 Å². The Bertz CT molecular complexity index is 464. The molecule has 0 saturated carbocycles. The molecule has 0 aliphatic heterocycles. The third-order valence-corrected chi connectivity index (χ3v) is 3.10. The lowest BCUT2D eigenvalue weighted by atomic mass is 10.1. The first-order chi connectivity index (χ1) is 8.70. The first-order valence-electron chi connectivity index (χ1n) is 6.10. The van der Waals surface area contributed by atoms with Crippen molar-refractivity contribution in [3.63, 3.8) is 0 Å². The molecule has 1 aromatic carbocycles. The summed E-state index contributed by atoms with van der Waals surface area (Å²) < 4.78 is 5.16. The maximum Gasteiger partial charge on any atom is 0.118 e. The maximum absolute atomic E-state index is 5.16. The molecule has 0 radical (unpaired) electrons. The van der Waals surface area contributed by atoms with Gasteiger partial charge in [0.25, 0.3) is 0 Å². The molecule has 1 heterocycles. The lowest BCUT2D eigenvalue weighted by molar-refractivity contribution is 0.414. The van der Waals surface area contributed by atoms with Crippen LogP contribution in [0.1, 0.15) is 37.2 Å². The Kier molecular flexibility index (Phi) is 3.99. The summed E-state index contributed by atoms with van der Waals surface area (Å²) in [4.78, 5) is 0. The minimum Gasteiger partial charge on any atom is -0.497 e. The van der Waals surface area contributed by atoms with Crippen LogP contribution < -0.4 is 10.1 Å². The quantitative estimate of drug-likeness (QED) is 0.851. The van der Waals surface area contributed by atoms with Gasteiger partial charge in [-0.1, -0.05) is 12.1 Å². The van der Waals surface area contributed by atoms with Gasteiger partial charge in [-0.2, -0.15) is 5.10 Å². The Morgan fingerprint density at radius 2 is 1.83 bits per heavy atom. The van der Waals surface area contributed by atoms with Crippen molar-refractivity contribution in [2.75, 3.05) is 7.11 Å². The number of hydrogen-bond donors (Lipinski definition) is 2. The van der Waals surface area contributed by atoms with Crippen LogP contribution in [0.2, 0.25) is 0 Å². The highest BCUT2D eigenvalue weighted by Crippen LogP contribution is 2.20. The van der Waals surface area contributed by atoms with E-state index in [9.17, 15) is 0 Å². The van der Waals surface area contributed by atoms with Gasteiger partial charge in [0.15, 0.2) is 0 Å². The molecule has 96 valence electrons. The average molecular weight is 245 g/mol. The van der Waals surface area contributed by atoms with E-state index in [0.717, 1.165) is 11.4 Å². The summed E-state index contributed by atoms with van der Waals surface area (Å²) in [6.45, 7) is 4.27. The van der Waals surface area contributed by atoms with E-state index in [2.05, 4.69) is 41.5 Å². The van der Waals surface area contributed by atoms with Gasteiger partial charge in [0.2, 0.25) is 0 Å². The molecule has 2 aromatic rings. The van der Waals surface area contributed by atoms with Gasteiger partial charge in [-0.25, -0.2) is 0 Å². The summed E-state index contributed by atoms with van der Waals surface area (Å²) in [6.07, 6.45) is 1.77. The first-order valence-corrected chi connectivity index (χ1v) is 6.10. The zero-order chi connectivity index (χ0) is 13.0. The fraction of sp³-hybridized carbons (Fsp3) is 0.357. The summed E-state index contributed by atoms with van der Waals surface area (Å²) in [5.41, 5.74) is 2.33. The second kappa shape index (κ2) is 5.69. The van der Waals surface area contributed by atoms with Gasteiger partial charge in [-0.15, -0.1) is 0 Å². The monoisotopic (exact) mass is 245 g/mol. The molecule has 2 rings (SSSR count). The highest BCUT2D eigenvalue weighted by Gasteiger charge is 2.11. The number of nitrogens with zero attached hydrogens (tertiary/aromatic N) is 1. The Morgan fingerprint density at radius 3 is 2.39 bits per heavy atom. The summed E-state index contributed by atoms with van der Waals surface area (Å²) in [5.74, 6) is 0.882. The summed E-state index contributed by atoms with van der Waals surface area (Å²) in [7, 11) is 1.68. The van der Waals surface area contributed by atoms with Crippen LogP contribution in [-0.4, -0.2) is 17.3 Å². The van der Waals surface area contributed by atoms with Crippen molar-refractivity contribution >= 4 is 0 Å². The Hall–Kier alpha value is -1.81. The van der Waals surface area contributed by atoms with Gasteiger partial charge in [-0.05, 0) is 37.6 Å². The van der Waals surface area contributed by atoms with E-state index in [1.165, 1.54) is 5.56 Å². The molecule has 0 saturated heterocycles. The number of aromatic nitrogens is 2. The second-order valence-electron chi connectivity index (χ2n) is 4.40. The molecule has 4 nitrogen and oxygen atoms in total. The van der Waals surface area contributed by atoms with Gasteiger partial charge in [-0.3, -0.25) is 5.10 Å². The molecule has 4 heteroatoms. The Morgan fingerprint density at radius 1 is 1.11 bits per heavy atom. The predicted molar refractivity (Wildman–Crippen MR) is 71.5 cm³/mol. The molecule has 0 amide bonds. The molecule has 1 aromatic heterocycles. The van der Waals surface area contributed by atoms with Crippen LogP contribution in [0.15, 0.2) is 36.5 Å². The zero-order valence-electron chi connectivity index (χ0n) is 11.0. The molecule has 1 unspecified atom stereocenters. The first kappa shape index (κ1) is 12.6. The van der Waals surface area contributed by atoms with E-state index in [1.54, 1.807) is 13.3 Å². The van der Waals surface area contributed by atoms with Crippen molar-refractivity contribution in [2.24, 2.45) is 0 Å². The van der Waals surface area contributed by atoms with Gasteiger partial charge >= 0.3 is 0 Å². The number of hydrogen-bond acceptors (Lipinski definition) is 3. The Balaban J connectivity index is 2.00. The molecule has 2 N–H and O–H groups in total. The predicted octanol–water partition coefficient (Wildman–Crippen LogP) is 2.83. The van der Waals surface area contributed by atoms with Crippen LogP contribution in [0.5, 0.6) is 5.75 Å². The number of methoxy groups -OCH3 is 1. The van der Waals surface area contributed by atoms with Crippen molar-refractivity contribution in [2.45, 2.75) is 25.9 Å². The van der Waals surface area contributed by atoms with Crippen molar-refractivity contribution in [1.82, 2.24) is 15.5 Å². The van der Waals surface area contributed by atoms with Crippen molar-refractivity contribution in [3.8, 4) is 5.75 Å². The third kappa shape index (κ3) is 2.90. The van der Waals surface area contributed by atoms with Crippen LogP contribution in [0, 0.1) is 0 Å². The molecule has 0 fully saturated rings. The normalized spacial score (nSPS) is 14.2. The van der Waals surface area contributed by atoms with Crippen LogP contribution in [0.3, 0.4) is 0 Å². The maximum atomic E-state index is 5.16. The average Bonchev–Trinajstić information content (AvgIpc) is 2.92. The molecule has 0 spiro atoms. The minimum atomic E-state index is 0.240. The van der Waals surface area contributed by atoms with E-state index in [4.69, 9.17) is 4.74 Å². The summed E-state index contributed by atoms with van der Waals surface area (Å²) in [5, 5.41) is 10.5. The summed E-state index contributed by atoms with van der Waals surface area (Å²) >= 11 is 0. The van der Waals surface area contributed by atoms with Gasteiger partial charge in [0, 0.05) is 18.3 Å². The lowest BCUT2D eigenvalue weighted by Gasteiger charge is -2.19. The molecular formula is C14H19N3O. The van der Waals surface area contributed by atoms with E-state index < -0.39 is 0 Å². The van der Waals surface area contributed by atoms with Gasteiger partial charge in [0.1, 0.15) is 5.75 Å². The zero-order valence-corrected chi connectivity index (χ0v) is 11.0. The fourth-order valence-corrected chi connectivity index (χ4v) is 1.96. The topological polar surface area (TPSA) is 49.9 Å². The molecule has 0 aliphatic rings. The van der Waals surface area contributed by atoms with Crippen molar-refractivity contribution in [1.29, 1.82) is 0 Å². The smallest absolute Gasteiger partial charge is 0.118 e. The SMILES string of the molecule is COc1ccc([C@H](C)NC(C)c2ccn[nH]2)cc1. The lowest BCUT2D eigenvalue weighted by Crippen LogP contribution is -2.22. The number of rotatable bonds is 5. The molecular weight excluding hydrogens is 226 g/mol. The standard InChI is InChI=1S/C14H19N3O/c1-10(12-4-6-13(18-3)7-5-12)16-11(2)14-8-9-15-17-14/h4-11,16H,1-3H3,(H,15,17)/t10-,11?/m0/s1. The van der Waals surface area contributed by atoms with Crippen LogP contribution in [0.25, 0.3) is 0 Å². The largest absolute Gasteiger partial charge is 0.497 e. The second-order valence-corrected chi connectivity index (χ2v) is 4.40. The summed E-state index contributed by atoms with van der Waals surface area (Å²) in [6, 6.07) is 10.6. The number of H-pyrrole nitrogens is 1. The third-order valence-electron chi connectivity index (χ3n) is 3.10. The van der Waals surface area contributed by atoms with Crippen LogP contribution in [-0.2, 0) is 0 Å². The minimum absolute atomic E-state index is 0.240. The van der Waals surface area contributed by atoms with E-state index in [1.807, 2.05) is 18.2 Å². The van der Waals surface area contributed by atoms with Crippen molar-refractivity contribution in [3.05, 3.63) is 47.8 Å². The highest BCUT2D eigenvalue weighted by atomic mass is 16.5. The van der Waals surface area contributed by atoms with Crippen LogP contribution in [0.4, 0.5) is 0 Å². The van der Waals surface area contributed by atoms with E-state index in [-0.39, 0.29) is 12.1 Å². The number of ether oxygens (including phenoxy) is 1. The number of nitrogens with one attached hydrogen (secondary N) is 2. The van der Waals surface area contributed by atoms with Crippen LogP contribution >= 0.6 is 0 Å². The van der Waals surface area contributed by atoms with Crippen molar-refractivity contribution < 1.29 is 4.74 Å². The highest BCUT2D eigenvalue weighted by molar-refractivity contribution is 5.29. The molecule has 0 bridgehead atoms. The van der Waals surface area contributed by atoms with Gasteiger partial charge < -0.3 is 10.1 Å². The fourth-order valence-electron chi connectivity index (χ4n) is 1.96. The van der Waals surface area contributed by atoms with E-state index in [0.29, 0.717) is 0 Å².